The van der Waals surface area contributed by atoms with Gasteiger partial charge in [0, 0.05) is 25.0 Å². The highest BCUT2D eigenvalue weighted by molar-refractivity contribution is 7.13. The molecular weight excluding hydrogens is 266 g/mol. The summed E-state index contributed by atoms with van der Waals surface area (Å²) in [6.45, 7) is 2.23. The van der Waals surface area contributed by atoms with E-state index in [1.807, 2.05) is 0 Å². The summed E-state index contributed by atoms with van der Waals surface area (Å²) in [6, 6.07) is 9.05. The molecule has 1 atom stereocenters. The van der Waals surface area contributed by atoms with Crippen molar-refractivity contribution in [2.24, 2.45) is 0 Å². The summed E-state index contributed by atoms with van der Waals surface area (Å²) in [5, 5.41) is 4.74. The predicted octanol–water partition coefficient (Wildman–Crippen LogP) is 2.91. The van der Waals surface area contributed by atoms with Gasteiger partial charge in [-0.3, -0.25) is 0 Å². The van der Waals surface area contributed by atoms with Crippen LogP contribution in [0, 0.1) is 0 Å². The molecule has 3 nitrogen and oxygen atoms in total. The van der Waals surface area contributed by atoms with E-state index < -0.39 is 0 Å². The Morgan fingerprint density at radius 1 is 1.39 bits per heavy atom. The number of hydrogen-bond donors (Lipinski definition) is 1. The van der Waals surface area contributed by atoms with Gasteiger partial charge in [-0.1, -0.05) is 12.1 Å². The number of nitrogens with one attached hydrogen (secondary N) is 1. The number of fused-ring (bicyclic) bond motifs is 1. The van der Waals surface area contributed by atoms with Crippen molar-refractivity contribution in [1.82, 2.24) is 9.69 Å². The molecule has 1 aromatic carbocycles. The molecule has 1 fully saturated rings. The van der Waals surface area contributed by atoms with Gasteiger partial charge in [-0.25, -0.2) is 0 Å². The van der Waals surface area contributed by atoms with Crippen molar-refractivity contribution in [2.75, 3.05) is 25.0 Å². The highest BCUT2D eigenvalue weighted by Gasteiger charge is 2.21. The van der Waals surface area contributed by atoms with Gasteiger partial charge in [0.05, 0.1) is 4.70 Å². The van der Waals surface area contributed by atoms with Crippen LogP contribution in [0.15, 0.2) is 24.3 Å². The third kappa shape index (κ3) is 2.46. The van der Waals surface area contributed by atoms with E-state index in [9.17, 15) is 0 Å². The third-order valence-electron chi connectivity index (χ3n) is 3.51. The molecular formula is C13H18ClN3S. The lowest BCUT2D eigenvalue weighted by molar-refractivity contribution is 0.444. The number of nitrogens with zero attached hydrogens (tertiary/aromatic N) is 2. The van der Waals surface area contributed by atoms with Gasteiger partial charge in [0.15, 0.2) is 0 Å². The van der Waals surface area contributed by atoms with E-state index in [0.29, 0.717) is 6.04 Å². The number of hydrogen-bond acceptors (Lipinski definition) is 4. The van der Waals surface area contributed by atoms with Crippen molar-refractivity contribution in [3.63, 3.8) is 0 Å². The molecule has 1 saturated heterocycles. The maximum Gasteiger partial charge on any atom is 0.150 e. The molecule has 0 unspecified atom stereocenters. The average molecular weight is 284 g/mol. The maximum absolute atomic E-state index is 4.61. The molecule has 0 saturated carbocycles. The van der Waals surface area contributed by atoms with Crippen LogP contribution in [0.25, 0.3) is 10.1 Å². The summed E-state index contributed by atoms with van der Waals surface area (Å²) in [7, 11) is 2.17. The molecule has 0 spiro atoms. The van der Waals surface area contributed by atoms with Crippen LogP contribution in [0.4, 0.5) is 5.82 Å². The summed E-state index contributed by atoms with van der Waals surface area (Å²) < 4.78 is 5.89. The normalized spacial score (nSPS) is 19.5. The summed E-state index contributed by atoms with van der Waals surface area (Å²) >= 11 is 1.59. The zero-order valence-electron chi connectivity index (χ0n) is 10.4. The molecule has 1 aliphatic rings. The van der Waals surface area contributed by atoms with Crippen LogP contribution in [0.1, 0.15) is 12.8 Å². The summed E-state index contributed by atoms with van der Waals surface area (Å²) in [5.41, 5.74) is 0. The van der Waals surface area contributed by atoms with Crippen molar-refractivity contribution < 1.29 is 0 Å². The summed E-state index contributed by atoms with van der Waals surface area (Å²) in [4.78, 5) is 2.34. The minimum atomic E-state index is 0. The van der Waals surface area contributed by atoms with Gasteiger partial charge < -0.3 is 10.2 Å². The predicted molar refractivity (Wildman–Crippen MR) is 81.2 cm³/mol. The van der Waals surface area contributed by atoms with Crippen molar-refractivity contribution in [3.05, 3.63) is 24.3 Å². The number of piperidine rings is 1. The Bertz CT molecular complexity index is 508. The lowest BCUT2D eigenvalue weighted by Gasteiger charge is -2.32. The second-order valence-corrected chi connectivity index (χ2v) is 5.42. The molecule has 0 radical (unpaired) electrons. The molecule has 1 aromatic heterocycles. The lowest BCUT2D eigenvalue weighted by Crippen LogP contribution is -2.44. The fourth-order valence-corrected chi connectivity index (χ4v) is 3.27. The van der Waals surface area contributed by atoms with Crippen molar-refractivity contribution in [3.8, 4) is 0 Å². The topological polar surface area (TPSA) is 28.2 Å². The van der Waals surface area contributed by atoms with Crippen LogP contribution in [-0.4, -0.2) is 30.6 Å². The zero-order chi connectivity index (χ0) is 11.7. The molecule has 0 aliphatic carbocycles. The number of rotatable bonds is 2. The van der Waals surface area contributed by atoms with Gasteiger partial charge in [0.25, 0.3) is 0 Å². The Morgan fingerprint density at radius 3 is 3.00 bits per heavy atom. The second kappa shape index (κ2) is 5.87. The second-order valence-electron chi connectivity index (χ2n) is 4.61. The monoisotopic (exact) mass is 283 g/mol. The molecule has 18 heavy (non-hydrogen) atoms. The molecule has 2 heterocycles. The standard InChI is InChI=1S/C13H17N3S.ClH/c1-16(10-5-4-8-14-9-10)13-11-6-2-3-7-12(11)17-15-13;/h2-3,6-7,10,14H,4-5,8-9H2,1H3;1H/t10-;/m0./s1. The molecule has 1 aliphatic heterocycles. The van der Waals surface area contributed by atoms with E-state index in [2.05, 4.69) is 45.9 Å². The van der Waals surface area contributed by atoms with E-state index in [0.717, 1.165) is 18.9 Å². The van der Waals surface area contributed by atoms with E-state index >= 15 is 0 Å². The number of anilines is 1. The summed E-state index contributed by atoms with van der Waals surface area (Å²) in [6.07, 6.45) is 2.52. The van der Waals surface area contributed by atoms with E-state index in [1.165, 1.54) is 22.9 Å². The van der Waals surface area contributed by atoms with Gasteiger partial charge >= 0.3 is 0 Å². The molecule has 1 N–H and O–H groups in total. The highest BCUT2D eigenvalue weighted by atomic mass is 35.5. The van der Waals surface area contributed by atoms with Gasteiger partial charge in [-0.2, -0.15) is 4.37 Å². The Morgan fingerprint density at radius 2 is 2.22 bits per heavy atom. The van der Waals surface area contributed by atoms with E-state index in [1.54, 1.807) is 11.5 Å². The Hall–Kier alpha value is -0.840. The Balaban J connectivity index is 0.00000120. The van der Waals surface area contributed by atoms with E-state index in [4.69, 9.17) is 0 Å². The number of benzene rings is 1. The SMILES string of the molecule is CN(c1nsc2ccccc12)[C@H]1CCCNC1.Cl. The summed E-state index contributed by atoms with van der Waals surface area (Å²) in [5.74, 6) is 1.14. The molecule has 98 valence electrons. The molecule has 2 aromatic rings. The molecule has 0 amide bonds. The van der Waals surface area contributed by atoms with Gasteiger partial charge in [0.1, 0.15) is 5.82 Å². The Labute approximate surface area is 118 Å². The first-order chi connectivity index (χ1) is 8.36. The van der Waals surface area contributed by atoms with Crippen molar-refractivity contribution >= 4 is 39.8 Å². The fraction of sp³-hybridized carbons (Fsp3) is 0.462. The number of aromatic nitrogens is 1. The van der Waals surface area contributed by atoms with Crippen LogP contribution in [0.2, 0.25) is 0 Å². The first-order valence-corrected chi connectivity index (χ1v) is 6.91. The molecule has 0 bridgehead atoms. The van der Waals surface area contributed by atoms with Gasteiger partial charge in [-0.05, 0) is 43.1 Å². The van der Waals surface area contributed by atoms with Crippen molar-refractivity contribution in [2.45, 2.75) is 18.9 Å². The smallest absolute Gasteiger partial charge is 0.150 e. The van der Waals surface area contributed by atoms with Crippen LogP contribution >= 0.6 is 23.9 Å². The highest BCUT2D eigenvalue weighted by Crippen LogP contribution is 2.30. The van der Waals surface area contributed by atoms with E-state index in [-0.39, 0.29) is 12.4 Å². The number of likely N-dealkylation sites (N-methyl/N-ethyl adjacent to an activating group) is 1. The van der Waals surface area contributed by atoms with Crippen LogP contribution in [-0.2, 0) is 0 Å². The Kier molecular flexibility index (Phi) is 4.43. The van der Waals surface area contributed by atoms with Crippen LogP contribution in [0.5, 0.6) is 0 Å². The van der Waals surface area contributed by atoms with Crippen LogP contribution < -0.4 is 10.2 Å². The van der Waals surface area contributed by atoms with Gasteiger partial charge in [-0.15, -0.1) is 12.4 Å². The average Bonchev–Trinajstić information content (AvgIpc) is 2.83. The number of halogens is 1. The maximum atomic E-state index is 4.61. The first kappa shape index (κ1) is 13.6. The van der Waals surface area contributed by atoms with Gasteiger partial charge in [0.2, 0.25) is 0 Å². The minimum absolute atomic E-state index is 0. The zero-order valence-corrected chi connectivity index (χ0v) is 12.1. The van der Waals surface area contributed by atoms with Crippen molar-refractivity contribution in [1.29, 1.82) is 0 Å². The third-order valence-corrected chi connectivity index (χ3v) is 4.33. The fourth-order valence-electron chi connectivity index (χ4n) is 2.46. The minimum Gasteiger partial charge on any atom is -0.354 e. The molecule has 3 rings (SSSR count). The largest absolute Gasteiger partial charge is 0.354 e. The quantitative estimate of drug-likeness (QED) is 0.919. The molecule has 5 heteroatoms. The first-order valence-electron chi connectivity index (χ1n) is 6.14. The van der Waals surface area contributed by atoms with Crippen LogP contribution in [0.3, 0.4) is 0 Å². The lowest BCUT2D eigenvalue weighted by atomic mass is 10.1.